The fraction of sp³-hybridized carbons (Fsp3) is 0.133. The highest BCUT2D eigenvalue weighted by Crippen LogP contribution is 2.34. The molecule has 4 rings (SSSR count). The molecule has 120 valence electrons. The zero-order valence-electron chi connectivity index (χ0n) is 12.5. The number of fused-ring (bicyclic) bond motifs is 1. The van der Waals surface area contributed by atoms with Crippen LogP contribution in [0.25, 0.3) is 26.9 Å². The van der Waals surface area contributed by atoms with Crippen LogP contribution in [0, 0.1) is 0 Å². The molecule has 7 nitrogen and oxygen atoms in total. The Morgan fingerprint density at radius 3 is 2.46 bits per heavy atom. The highest BCUT2D eigenvalue weighted by molar-refractivity contribution is 7.14. The molecule has 4 heterocycles. The molecule has 4 aromatic rings. The SMILES string of the molecule is CC(=O)Cn1nc2nnc(-c3cccs3)c(-c3cccs3)n2c1=O. The van der Waals surface area contributed by atoms with E-state index < -0.39 is 5.69 Å². The number of carbonyl (C=O) groups is 1. The maximum atomic E-state index is 12.8. The van der Waals surface area contributed by atoms with E-state index in [1.54, 1.807) is 0 Å². The molecule has 4 aromatic heterocycles. The normalized spacial score (nSPS) is 11.2. The van der Waals surface area contributed by atoms with Crippen LogP contribution in [-0.4, -0.2) is 30.2 Å². The van der Waals surface area contributed by atoms with Crippen LogP contribution in [0.5, 0.6) is 0 Å². The predicted octanol–water partition coefficient (Wildman–Crippen LogP) is 2.33. The lowest BCUT2D eigenvalue weighted by atomic mass is 10.2. The summed E-state index contributed by atoms with van der Waals surface area (Å²) in [7, 11) is 0. The van der Waals surface area contributed by atoms with Crippen molar-refractivity contribution >= 4 is 34.2 Å². The standard InChI is InChI=1S/C15H11N5O2S2/c1-9(21)8-19-15(22)20-13(11-5-3-7-24-11)12(10-4-2-6-23-10)16-17-14(20)18-19/h2-7H,8H2,1H3. The number of ketones is 1. The molecule has 0 radical (unpaired) electrons. The minimum atomic E-state index is -0.392. The third-order valence-electron chi connectivity index (χ3n) is 3.39. The average Bonchev–Trinajstić information content (AvgIpc) is 3.28. The van der Waals surface area contributed by atoms with E-state index in [1.807, 2.05) is 35.0 Å². The Morgan fingerprint density at radius 1 is 1.12 bits per heavy atom. The molecular weight excluding hydrogens is 346 g/mol. The van der Waals surface area contributed by atoms with Gasteiger partial charge >= 0.3 is 5.69 Å². The second-order valence-electron chi connectivity index (χ2n) is 5.13. The molecule has 0 aromatic carbocycles. The summed E-state index contributed by atoms with van der Waals surface area (Å²) in [6.45, 7) is 1.33. The van der Waals surface area contributed by atoms with Gasteiger partial charge in [-0.05, 0) is 29.8 Å². The van der Waals surface area contributed by atoms with Crippen LogP contribution in [0.4, 0.5) is 0 Å². The molecule has 0 aliphatic heterocycles. The molecule has 0 aliphatic carbocycles. The quantitative estimate of drug-likeness (QED) is 0.560. The smallest absolute Gasteiger partial charge is 0.298 e. The number of nitrogens with zero attached hydrogens (tertiary/aromatic N) is 5. The minimum Gasteiger partial charge on any atom is -0.298 e. The van der Waals surface area contributed by atoms with Gasteiger partial charge in [0, 0.05) is 0 Å². The summed E-state index contributed by atoms with van der Waals surface area (Å²) in [5, 5.41) is 16.4. The first-order chi connectivity index (χ1) is 11.6. The first kappa shape index (κ1) is 14.9. The number of hydrogen-bond donors (Lipinski definition) is 0. The van der Waals surface area contributed by atoms with Gasteiger partial charge in [0.05, 0.1) is 9.75 Å². The molecular formula is C15H11N5O2S2. The predicted molar refractivity (Wildman–Crippen MR) is 92.3 cm³/mol. The van der Waals surface area contributed by atoms with Gasteiger partial charge in [0.15, 0.2) is 5.78 Å². The van der Waals surface area contributed by atoms with Crippen LogP contribution in [0.2, 0.25) is 0 Å². The topological polar surface area (TPSA) is 82.2 Å². The second kappa shape index (κ2) is 5.77. The first-order valence-electron chi connectivity index (χ1n) is 7.08. The molecule has 0 aliphatic rings. The minimum absolute atomic E-state index is 0.0829. The van der Waals surface area contributed by atoms with E-state index in [0.29, 0.717) is 11.4 Å². The third-order valence-corrected chi connectivity index (χ3v) is 5.14. The van der Waals surface area contributed by atoms with Crippen LogP contribution < -0.4 is 5.69 Å². The van der Waals surface area contributed by atoms with E-state index in [9.17, 15) is 9.59 Å². The van der Waals surface area contributed by atoms with Gasteiger partial charge in [0.1, 0.15) is 17.9 Å². The lowest BCUT2D eigenvalue weighted by Gasteiger charge is -2.06. The van der Waals surface area contributed by atoms with Crippen molar-refractivity contribution < 1.29 is 4.79 Å². The van der Waals surface area contributed by atoms with Gasteiger partial charge in [0.25, 0.3) is 5.78 Å². The molecule has 0 unspecified atom stereocenters. The number of hydrogen-bond acceptors (Lipinski definition) is 7. The summed E-state index contributed by atoms with van der Waals surface area (Å²) in [5.74, 6) is 0.0366. The van der Waals surface area contributed by atoms with Crippen molar-refractivity contribution in [3.8, 4) is 21.1 Å². The first-order valence-corrected chi connectivity index (χ1v) is 8.84. The van der Waals surface area contributed by atoms with Crippen LogP contribution >= 0.6 is 22.7 Å². The number of carbonyl (C=O) groups excluding carboxylic acids is 1. The maximum absolute atomic E-state index is 12.8. The highest BCUT2D eigenvalue weighted by atomic mass is 32.1. The summed E-state index contributed by atoms with van der Waals surface area (Å²) < 4.78 is 2.55. The third kappa shape index (κ3) is 2.38. The Kier molecular flexibility index (Phi) is 3.58. The summed E-state index contributed by atoms with van der Waals surface area (Å²) in [5.41, 5.74) is 0.887. The largest absolute Gasteiger partial charge is 0.352 e. The van der Waals surface area contributed by atoms with Crippen molar-refractivity contribution in [2.45, 2.75) is 13.5 Å². The van der Waals surface area contributed by atoms with Crippen molar-refractivity contribution in [1.29, 1.82) is 0 Å². The van der Waals surface area contributed by atoms with Crippen LogP contribution in [0.3, 0.4) is 0 Å². The Labute approximate surface area is 143 Å². The molecule has 0 amide bonds. The zero-order chi connectivity index (χ0) is 16.7. The summed E-state index contributed by atoms with van der Waals surface area (Å²) in [4.78, 5) is 25.9. The van der Waals surface area contributed by atoms with Crippen molar-refractivity contribution in [2.75, 3.05) is 0 Å². The molecule has 0 bridgehead atoms. The van der Waals surface area contributed by atoms with Gasteiger partial charge in [-0.25, -0.2) is 13.9 Å². The van der Waals surface area contributed by atoms with Crippen LogP contribution in [-0.2, 0) is 11.3 Å². The zero-order valence-corrected chi connectivity index (χ0v) is 14.2. The monoisotopic (exact) mass is 357 g/mol. The van der Waals surface area contributed by atoms with Crippen molar-refractivity contribution in [2.24, 2.45) is 0 Å². The molecule has 0 atom stereocenters. The summed E-state index contributed by atoms with van der Waals surface area (Å²) >= 11 is 3.03. The highest BCUT2D eigenvalue weighted by Gasteiger charge is 2.21. The van der Waals surface area contributed by atoms with E-state index in [4.69, 9.17) is 0 Å². The van der Waals surface area contributed by atoms with Gasteiger partial charge in [-0.1, -0.05) is 12.1 Å². The lowest BCUT2D eigenvalue weighted by molar-refractivity contribution is -0.117. The van der Waals surface area contributed by atoms with E-state index in [0.717, 1.165) is 14.4 Å². The van der Waals surface area contributed by atoms with Crippen LogP contribution in [0.15, 0.2) is 39.8 Å². The van der Waals surface area contributed by atoms with Crippen molar-refractivity contribution in [1.82, 2.24) is 24.4 Å². The number of thiophene rings is 2. The Balaban J connectivity index is 2.08. The van der Waals surface area contributed by atoms with Gasteiger partial charge in [-0.15, -0.1) is 38.0 Å². The van der Waals surface area contributed by atoms with E-state index in [1.165, 1.54) is 34.0 Å². The van der Waals surface area contributed by atoms with Gasteiger partial charge < -0.3 is 0 Å². The fourth-order valence-corrected chi connectivity index (χ4v) is 3.91. The Morgan fingerprint density at radius 2 is 1.83 bits per heavy atom. The van der Waals surface area contributed by atoms with Gasteiger partial charge in [-0.3, -0.25) is 4.79 Å². The van der Waals surface area contributed by atoms with Crippen molar-refractivity contribution in [3.05, 3.63) is 45.5 Å². The summed E-state index contributed by atoms with van der Waals surface area (Å²) in [6.07, 6.45) is 0. The van der Waals surface area contributed by atoms with Gasteiger partial charge in [-0.2, -0.15) is 0 Å². The molecule has 0 saturated carbocycles. The van der Waals surface area contributed by atoms with Gasteiger partial charge in [0.2, 0.25) is 0 Å². The number of Topliss-reactive ketones (excluding diaryl/α,β-unsaturated/α-hetero) is 1. The van der Waals surface area contributed by atoms with E-state index >= 15 is 0 Å². The Bertz CT molecular complexity index is 1080. The number of aromatic nitrogens is 5. The molecule has 24 heavy (non-hydrogen) atoms. The lowest BCUT2D eigenvalue weighted by Crippen LogP contribution is -2.25. The van der Waals surface area contributed by atoms with Crippen LogP contribution in [0.1, 0.15) is 6.92 Å². The molecule has 0 saturated heterocycles. The number of rotatable bonds is 4. The Hall–Kier alpha value is -2.65. The summed E-state index contributed by atoms with van der Waals surface area (Å²) in [6, 6.07) is 7.69. The van der Waals surface area contributed by atoms with E-state index in [2.05, 4.69) is 15.3 Å². The molecule has 0 spiro atoms. The average molecular weight is 357 g/mol. The molecule has 0 fully saturated rings. The second-order valence-corrected chi connectivity index (χ2v) is 7.02. The fourth-order valence-electron chi connectivity index (χ4n) is 2.44. The molecule has 9 heteroatoms. The van der Waals surface area contributed by atoms with Crippen molar-refractivity contribution in [3.63, 3.8) is 0 Å². The molecule has 0 N–H and O–H groups in total. The maximum Gasteiger partial charge on any atom is 0.352 e. The van der Waals surface area contributed by atoms with E-state index in [-0.39, 0.29) is 18.1 Å².